The highest BCUT2D eigenvalue weighted by molar-refractivity contribution is 9.10. The van der Waals surface area contributed by atoms with Gasteiger partial charge in [0.25, 0.3) is 0 Å². The van der Waals surface area contributed by atoms with Gasteiger partial charge in [-0.1, -0.05) is 47.1 Å². The molecule has 0 aliphatic carbocycles. The molecule has 0 bridgehead atoms. The molecular weight excluding hydrogens is 344 g/mol. The lowest BCUT2D eigenvalue weighted by molar-refractivity contribution is -0.139. The molecule has 2 unspecified atom stereocenters. The lowest BCUT2D eigenvalue weighted by Gasteiger charge is -2.24. The fourth-order valence-electron chi connectivity index (χ4n) is 2.76. The standard InChI is InChI=1S/C18H19BrO3/c1-3-16(13-5-4-6-14(19)11-13)17(18(20)21)12-7-9-15(22-2)10-8-12/h4-11,16-17H,3H2,1-2H3,(H,20,21). The number of halogens is 1. The van der Waals surface area contributed by atoms with E-state index in [1.54, 1.807) is 19.2 Å². The Kier molecular flexibility index (Phi) is 5.61. The number of benzene rings is 2. The quantitative estimate of drug-likeness (QED) is 0.801. The number of carboxylic acid groups (broad SMARTS) is 1. The summed E-state index contributed by atoms with van der Waals surface area (Å²) in [5.41, 5.74) is 1.82. The van der Waals surface area contributed by atoms with Crippen LogP contribution >= 0.6 is 15.9 Å². The van der Waals surface area contributed by atoms with Gasteiger partial charge in [0.15, 0.2) is 0 Å². The summed E-state index contributed by atoms with van der Waals surface area (Å²) >= 11 is 3.46. The average Bonchev–Trinajstić information content (AvgIpc) is 2.52. The molecule has 0 aliphatic rings. The maximum atomic E-state index is 11.9. The van der Waals surface area contributed by atoms with Gasteiger partial charge in [-0.05, 0) is 41.8 Å². The lowest BCUT2D eigenvalue weighted by Crippen LogP contribution is -2.20. The van der Waals surface area contributed by atoms with Crippen molar-refractivity contribution >= 4 is 21.9 Å². The van der Waals surface area contributed by atoms with Gasteiger partial charge in [0.05, 0.1) is 13.0 Å². The van der Waals surface area contributed by atoms with E-state index >= 15 is 0 Å². The van der Waals surface area contributed by atoms with E-state index in [-0.39, 0.29) is 5.92 Å². The topological polar surface area (TPSA) is 46.5 Å². The van der Waals surface area contributed by atoms with Crippen molar-refractivity contribution in [2.24, 2.45) is 0 Å². The monoisotopic (exact) mass is 362 g/mol. The molecular formula is C18H19BrO3. The van der Waals surface area contributed by atoms with Gasteiger partial charge < -0.3 is 9.84 Å². The van der Waals surface area contributed by atoms with Crippen molar-refractivity contribution < 1.29 is 14.6 Å². The van der Waals surface area contributed by atoms with E-state index in [1.165, 1.54) is 0 Å². The Morgan fingerprint density at radius 2 is 1.86 bits per heavy atom. The molecule has 0 saturated carbocycles. The van der Waals surface area contributed by atoms with Crippen LogP contribution in [0.25, 0.3) is 0 Å². The van der Waals surface area contributed by atoms with Gasteiger partial charge in [0.2, 0.25) is 0 Å². The third-order valence-electron chi connectivity index (χ3n) is 3.86. The minimum Gasteiger partial charge on any atom is -0.497 e. The summed E-state index contributed by atoms with van der Waals surface area (Å²) in [5.74, 6) is -0.742. The van der Waals surface area contributed by atoms with E-state index in [4.69, 9.17) is 4.74 Å². The van der Waals surface area contributed by atoms with Crippen molar-refractivity contribution in [3.63, 3.8) is 0 Å². The van der Waals surface area contributed by atoms with Crippen LogP contribution in [-0.4, -0.2) is 18.2 Å². The smallest absolute Gasteiger partial charge is 0.311 e. The molecule has 0 spiro atoms. The van der Waals surface area contributed by atoms with Gasteiger partial charge in [-0.15, -0.1) is 0 Å². The molecule has 22 heavy (non-hydrogen) atoms. The average molecular weight is 363 g/mol. The first-order valence-corrected chi connectivity index (χ1v) is 7.98. The predicted octanol–water partition coefficient (Wildman–Crippen LogP) is 4.82. The summed E-state index contributed by atoms with van der Waals surface area (Å²) in [7, 11) is 1.60. The third kappa shape index (κ3) is 3.69. The summed E-state index contributed by atoms with van der Waals surface area (Å²) in [6, 6.07) is 15.1. The SMILES string of the molecule is CCC(c1cccc(Br)c1)C(C(=O)O)c1ccc(OC)cc1. The molecule has 0 aliphatic heterocycles. The molecule has 2 atom stereocenters. The van der Waals surface area contributed by atoms with Crippen molar-refractivity contribution in [2.75, 3.05) is 7.11 Å². The van der Waals surface area contributed by atoms with Crippen LogP contribution in [0.15, 0.2) is 53.0 Å². The van der Waals surface area contributed by atoms with Gasteiger partial charge in [0.1, 0.15) is 5.75 Å². The fraction of sp³-hybridized carbons (Fsp3) is 0.278. The van der Waals surface area contributed by atoms with Crippen LogP contribution in [0.4, 0.5) is 0 Å². The molecule has 3 nitrogen and oxygen atoms in total. The van der Waals surface area contributed by atoms with Gasteiger partial charge in [-0.25, -0.2) is 0 Å². The number of ether oxygens (including phenoxy) is 1. The molecule has 1 N–H and O–H groups in total. The Morgan fingerprint density at radius 3 is 2.36 bits per heavy atom. The molecule has 2 aromatic carbocycles. The second kappa shape index (κ2) is 7.45. The lowest BCUT2D eigenvalue weighted by atomic mass is 9.80. The van der Waals surface area contributed by atoms with Crippen molar-refractivity contribution in [1.29, 1.82) is 0 Å². The van der Waals surface area contributed by atoms with Crippen LogP contribution in [0.1, 0.15) is 36.3 Å². The number of carbonyl (C=O) groups is 1. The minimum atomic E-state index is -0.808. The molecule has 0 aromatic heterocycles. The Labute approximate surface area is 139 Å². The molecule has 2 aromatic rings. The first-order valence-electron chi connectivity index (χ1n) is 7.19. The predicted molar refractivity (Wildman–Crippen MR) is 90.5 cm³/mol. The van der Waals surface area contributed by atoms with E-state index < -0.39 is 11.9 Å². The summed E-state index contributed by atoms with van der Waals surface area (Å²) in [6.45, 7) is 2.02. The fourth-order valence-corrected chi connectivity index (χ4v) is 3.18. The number of hydrogen-bond acceptors (Lipinski definition) is 2. The summed E-state index contributed by atoms with van der Waals surface area (Å²) < 4.78 is 6.10. The zero-order valence-corrected chi connectivity index (χ0v) is 14.2. The molecule has 0 heterocycles. The van der Waals surface area contributed by atoms with Crippen molar-refractivity contribution in [3.8, 4) is 5.75 Å². The highest BCUT2D eigenvalue weighted by atomic mass is 79.9. The second-order valence-corrected chi connectivity index (χ2v) is 6.07. The first kappa shape index (κ1) is 16.6. The Morgan fingerprint density at radius 1 is 1.18 bits per heavy atom. The molecule has 0 fully saturated rings. The van der Waals surface area contributed by atoms with Crippen molar-refractivity contribution in [2.45, 2.75) is 25.2 Å². The number of hydrogen-bond donors (Lipinski definition) is 1. The normalized spacial score (nSPS) is 13.4. The largest absolute Gasteiger partial charge is 0.497 e. The van der Waals surface area contributed by atoms with Crippen LogP contribution in [0.5, 0.6) is 5.75 Å². The molecule has 0 amide bonds. The highest BCUT2D eigenvalue weighted by Crippen LogP contribution is 2.37. The van der Waals surface area contributed by atoms with Gasteiger partial charge in [0, 0.05) is 10.4 Å². The zero-order valence-electron chi connectivity index (χ0n) is 12.6. The zero-order chi connectivity index (χ0) is 16.1. The molecule has 4 heteroatoms. The summed E-state index contributed by atoms with van der Waals surface area (Å²) in [4.78, 5) is 11.9. The molecule has 116 valence electrons. The van der Waals surface area contributed by atoms with Gasteiger partial charge >= 0.3 is 5.97 Å². The van der Waals surface area contributed by atoms with Crippen molar-refractivity contribution in [1.82, 2.24) is 0 Å². The number of aliphatic carboxylic acids is 1. The Bertz CT molecular complexity index is 637. The maximum Gasteiger partial charge on any atom is 0.311 e. The highest BCUT2D eigenvalue weighted by Gasteiger charge is 2.30. The first-order chi connectivity index (χ1) is 10.6. The summed E-state index contributed by atoms with van der Waals surface area (Å²) in [5, 5.41) is 9.74. The number of carboxylic acids is 1. The third-order valence-corrected chi connectivity index (χ3v) is 4.35. The van der Waals surface area contributed by atoms with E-state index in [1.807, 2.05) is 43.3 Å². The number of rotatable bonds is 6. The maximum absolute atomic E-state index is 11.9. The summed E-state index contributed by atoms with van der Waals surface area (Å²) in [6.07, 6.45) is 0.749. The van der Waals surface area contributed by atoms with E-state index in [0.717, 1.165) is 27.8 Å². The van der Waals surface area contributed by atoms with Crippen LogP contribution in [0.2, 0.25) is 0 Å². The molecule has 0 radical (unpaired) electrons. The second-order valence-electron chi connectivity index (χ2n) is 5.16. The van der Waals surface area contributed by atoms with Crippen LogP contribution in [-0.2, 0) is 4.79 Å². The van der Waals surface area contributed by atoms with Crippen LogP contribution in [0, 0.1) is 0 Å². The van der Waals surface area contributed by atoms with Gasteiger partial charge in [-0.3, -0.25) is 4.79 Å². The molecule has 0 saturated heterocycles. The van der Waals surface area contributed by atoms with E-state index in [9.17, 15) is 9.90 Å². The Balaban J connectivity index is 2.41. The molecule has 2 rings (SSSR count). The van der Waals surface area contributed by atoms with Crippen LogP contribution < -0.4 is 4.74 Å². The van der Waals surface area contributed by atoms with Crippen LogP contribution in [0.3, 0.4) is 0 Å². The Hall–Kier alpha value is -1.81. The van der Waals surface area contributed by atoms with E-state index in [2.05, 4.69) is 15.9 Å². The minimum absolute atomic E-state index is 0.0802. The van der Waals surface area contributed by atoms with Crippen molar-refractivity contribution in [3.05, 3.63) is 64.1 Å². The number of methoxy groups -OCH3 is 1. The van der Waals surface area contributed by atoms with E-state index in [0.29, 0.717) is 0 Å². The van der Waals surface area contributed by atoms with Gasteiger partial charge in [-0.2, -0.15) is 0 Å².